The Hall–Kier alpha value is -2.83. The number of fused-ring (bicyclic) bond motifs is 1. The number of hydrogen-bond acceptors (Lipinski definition) is 6. The minimum absolute atomic E-state index is 0.000573. The number of para-hydroxylation sites is 1. The number of nitrogens with one attached hydrogen (secondary N) is 2. The van der Waals surface area contributed by atoms with E-state index < -0.39 is 10.8 Å². The standard InChI is InChI=1S/C21H22N4O3S2/c1-21(2,3)12-8-9-13-15(11-22)19(30-17(13)10-12)24-20(29)23-18(26)14-6-4-5-7-16(14)25(27)28/h4-7,12H,8-10H2,1-3H3,(H2,23,24,26,29)/t12-/m1/s1. The fourth-order valence-corrected chi connectivity index (χ4v) is 5.20. The molecule has 1 amide bonds. The number of amides is 1. The number of anilines is 1. The third-order valence-electron chi connectivity index (χ3n) is 5.40. The Morgan fingerprint density at radius 2 is 2.07 bits per heavy atom. The number of thiophene rings is 1. The van der Waals surface area contributed by atoms with Gasteiger partial charge in [0, 0.05) is 10.9 Å². The maximum absolute atomic E-state index is 12.5. The maximum atomic E-state index is 12.5. The van der Waals surface area contributed by atoms with Crippen LogP contribution in [0.1, 0.15) is 53.6 Å². The van der Waals surface area contributed by atoms with Gasteiger partial charge in [-0.05, 0) is 54.4 Å². The minimum atomic E-state index is -0.674. The van der Waals surface area contributed by atoms with Gasteiger partial charge in [-0.2, -0.15) is 5.26 Å². The maximum Gasteiger partial charge on any atom is 0.282 e. The lowest BCUT2D eigenvalue weighted by Gasteiger charge is -2.33. The zero-order valence-corrected chi connectivity index (χ0v) is 18.6. The van der Waals surface area contributed by atoms with Crippen molar-refractivity contribution >= 4 is 45.3 Å². The van der Waals surface area contributed by atoms with Crippen LogP contribution in [-0.2, 0) is 12.8 Å². The molecule has 0 unspecified atom stereocenters. The summed E-state index contributed by atoms with van der Waals surface area (Å²) in [5.74, 6) is -0.138. The number of nitrogens with zero attached hydrogens (tertiary/aromatic N) is 2. The monoisotopic (exact) mass is 442 g/mol. The van der Waals surface area contributed by atoms with Crippen LogP contribution in [0.3, 0.4) is 0 Å². The van der Waals surface area contributed by atoms with Gasteiger partial charge in [-0.3, -0.25) is 20.2 Å². The molecule has 7 nitrogen and oxygen atoms in total. The summed E-state index contributed by atoms with van der Waals surface area (Å²) in [6, 6.07) is 7.93. The fourth-order valence-electron chi connectivity index (χ4n) is 3.66. The van der Waals surface area contributed by atoms with Gasteiger partial charge in [-0.25, -0.2) is 0 Å². The van der Waals surface area contributed by atoms with Crippen LogP contribution in [0.5, 0.6) is 0 Å². The number of nitro benzene ring substituents is 1. The molecule has 0 saturated carbocycles. The van der Waals surface area contributed by atoms with E-state index in [1.807, 2.05) is 0 Å². The smallest absolute Gasteiger partial charge is 0.282 e. The van der Waals surface area contributed by atoms with Crippen LogP contribution in [0.4, 0.5) is 10.7 Å². The van der Waals surface area contributed by atoms with Crippen molar-refractivity contribution in [2.75, 3.05) is 5.32 Å². The SMILES string of the molecule is CC(C)(C)[C@@H]1CCc2c(sc(NC(=S)NC(=O)c3ccccc3[N+](=O)[O-])c2C#N)C1. The van der Waals surface area contributed by atoms with Gasteiger partial charge < -0.3 is 5.32 Å². The number of benzene rings is 1. The van der Waals surface area contributed by atoms with Gasteiger partial charge in [0.2, 0.25) is 0 Å². The van der Waals surface area contributed by atoms with Crippen molar-refractivity contribution in [3.05, 3.63) is 55.9 Å². The highest BCUT2D eigenvalue weighted by Gasteiger charge is 2.32. The molecule has 30 heavy (non-hydrogen) atoms. The Balaban J connectivity index is 1.77. The summed E-state index contributed by atoms with van der Waals surface area (Å²) in [5, 5.41) is 26.8. The summed E-state index contributed by atoms with van der Waals surface area (Å²) >= 11 is 6.72. The first-order valence-corrected chi connectivity index (χ1v) is 10.7. The number of nitro groups is 1. The largest absolute Gasteiger partial charge is 0.323 e. The minimum Gasteiger partial charge on any atom is -0.323 e. The number of hydrogen-bond donors (Lipinski definition) is 2. The molecule has 2 N–H and O–H groups in total. The molecule has 3 rings (SSSR count). The lowest BCUT2D eigenvalue weighted by Crippen LogP contribution is -2.34. The van der Waals surface area contributed by atoms with Crippen LogP contribution in [0.15, 0.2) is 24.3 Å². The molecule has 0 fully saturated rings. The molecule has 0 spiro atoms. The van der Waals surface area contributed by atoms with Crippen molar-refractivity contribution in [1.29, 1.82) is 5.26 Å². The summed E-state index contributed by atoms with van der Waals surface area (Å²) in [6.07, 6.45) is 2.78. The molecule has 156 valence electrons. The van der Waals surface area contributed by atoms with Crippen LogP contribution in [0, 0.1) is 32.8 Å². The van der Waals surface area contributed by atoms with Crippen molar-refractivity contribution < 1.29 is 9.72 Å². The van der Waals surface area contributed by atoms with Crippen LogP contribution in [0.25, 0.3) is 0 Å². The summed E-state index contributed by atoms with van der Waals surface area (Å²) < 4.78 is 0. The summed E-state index contributed by atoms with van der Waals surface area (Å²) in [6.45, 7) is 6.69. The second-order valence-corrected chi connectivity index (χ2v) is 9.82. The van der Waals surface area contributed by atoms with Gasteiger partial charge in [0.15, 0.2) is 5.11 Å². The highest BCUT2D eigenvalue weighted by molar-refractivity contribution is 7.80. The van der Waals surface area contributed by atoms with Gasteiger partial charge in [0.1, 0.15) is 16.6 Å². The number of thiocarbonyl (C=S) groups is 1. The van der Waals surface area contributed by atoms with E-state index in [0.717, 1.165) is 24.8 Å². The Bertz CT molecular complexity index is 1060. The second kappa shape index (κ2) is 8.50. The van der Waals surface area contributed by atoms with Gasteiger partial charge in [0.05, 0.1) is 10.5 Å². The Morgan fingerprint density at radius 1 is 1.37 bits per heavy atom. The Morgan fingerprint density at radius 3 is 2.70 bits per heavy atom. The van der Waals surface area contributed by atoms with Crippen molar-refractivity contribution in [2.45, 2.75) is 40.0 Å². The van der Waals surface area contributed by atoms with Gasteiger partial charge in [0.25, 0.3) is 11.6 Å². The molecule has 0 aliphatic heterocycles. The number of carbonyl (C=O) groups excluding carboxylic acids is 1. The van der Waals surface area contributed by atoms with E-state index >= 15 is 0 Å². The molecule has 1 aromatic heterocycles. The molecule has 9 heteroatoms. The van der Waals surface area contributed by atoms with Crippen LogP contribution < -0.4 is 10.6 Å². The predicted molar refractivity (Wildman–Crippen MR) is 121 cm³/mol. The lowest BCUT2D eigenvalue weighted by molar-refractivity contribution is -0.385. The van der Waals surface area contributed by atoms with Crippen LogP contribution >= 0.6 is 23.6 Å². The number of carbonyl (C=O) groups is 1. The topological polar surface area (TPSA) is 108 Å². The average molecular weight is 443 g/mol. The first-order chi connectivity index (χ1) is 14.1. The van der Waals surface area contributed by atoms with Crippen molar-refractivity contribution in [3.8, 4) is 6.07 Å². The molecule has 1 aliphatic carbocycles. The lowest BCUT2D eigenvalue weighted by atomic mass is 9.72. The average Bonchev–Trinajstić information content (AvgIpc) is 3.02. The molecule has 0 bridgehead atoms. The summed E-state index contributed by atoms with van der Waals surface area (Å²) in [5.41, 5.74) is 1.43. The molecule has 0 radical (unpaired) electrons. The fraction of sp³-hybridized carbons (Fsp3) is 0.381. The van der Waals surface area contributed by atoms with Gasteiger partial charge in [-0.1, -0.05) is 32.9 Å². The number of rotatable bonds is 3. The first-order valence-electron chi connectivity index (χ1n) is 9.52. The highest BCUT2D eigenvalue weighted by Crippen LogP contribution is 2.43. The first kappa shape index (κ1) is 21.9. The number of nitriles is 1. The van der Waals surface area contributed by atoms with E-state index in [0.29, 0.717) is 16.5 Å². The molecule has 1 aliphatic rings. The summed E-state index contributed by atoms with van der Waals surface area (Å²) in [7, 11) is 0. The van der Waals surface area contributed by atoms with E-state index in [1.165, 1.54) is 34.4 Å². The van der Waals surface area contributed by atoms with Gasteiger partial charge >= 0.3 is 0 Å². The highest BCUT2D eigenvalue weighted by atomic mass is 32.1. The van der Waals surface area contributed by atoms with E-state index in [2.05, 4.69) is 37.5 Å². The third kappa shape index (κ3) is 4.50. The summed E-state index contributed by atoms with van der Waals surface area (Å²) in [4.78, 5) is 24.2. The molecular formula is C21H22N4O3S2. The second-order valence-electron chi connectivity index (χ2n) is 8.31. The van der Waals surface area contributed by atoms with Crippen molar-refractivity contribution in [1.82, 2.24) is 5.32 Å². The molecule has 1 heterocycles. The van der Waals surface area contributed by atoms with Crippen LogP contribution in [0.2, 0.25) is 0 Å². The molecule has 2 aromatic rings. The molecule has 0 saturated heterocycles. The quantitative estimate of drug-likeness (QED) is 0.401. The van der Waals surface area contributed by atoms with E-state index in [1.54, 1.807) is 6.07 Å². The van der Waals surface area contributed by atoms with Crippen molar-refractivity contribution in [3.63, 3.8) is 0 Å². The predicted octanol–water partition coefficient (Wildman–Crippen LogP) is 4.81. The third-order valence-corrected chi connectivity index (χ3v) is 6.78. The molecule has 1 aromatic carbocycles. The molecule has 1 atom stereocenters. The van der Waals surface area contributed by atoms with E-state index in [-0.39, 0.29) is 21.8 Å². The normalized spacial score (nSPS) is 15.6. The zero-order chi connectivity index (χ0) is 22.1. The Kier molecular flexibility index (Phi) is 6.19. The Labute approximate surface area is 184 Å². The van der Waals surface area contributed by atoms with E-state index in [4.69, 9.17) is 12.2 Å². The van der Waals surface area contributed by atoms with Crippen LogP contribution in [-0.4, -0.2) is 15.9 Å². The van der Waals surface area contributed by atoms with Gasteiger partial charge in [-0.15, -0.1) is 11.3 Å². The van der Waals surface area contributed by atoms with E-state index in [9.17, 15) is 20.2 Å². The molecular weight excluding hydrogens is 420 g/mol. The van der Waals surface area contributed by atoms with Crippen molar-refractivity contribution in [2.24, 2.45) is 11.3 Å². The zero-order valence-electron chi connectivity index (χ0n) is 16.9.